The highest BCUT2D eigenvalue weighted by Crippen LogP contribution is 2.33. The van der Waals surface area contributed by atoms with E-state index in [1.807, 2.05) is 0 Å². The summed E-state index contributed by atoms with van der Waals surface area (Å²) in [7, 11) is -2.34. The maximum atomic E-state index is 13.1. The number of rotatable bonds is 5. The summed E-state index contributed by atoms with van der Waals surface area (Å²) in [6, 6.07) is 1.89. The second-order valence-electron chi connectivity index (χ2n) is 6.13. The van der Waals surface area contributed by atoms with Crippen molar-refractivity contribution in [2.45, 2.75) is 31.3 Å². The molecule has 0 fully saturated rings. The summed E-state index contributed by atoms with van der Waals surface area (Å²) in [6.45, 7) is 2.54. The predicted molar refractivity (Wildman–Crippen MR) is 95.7 cm³/mol. The third-order valence-electron chi connectivity index (χ3n) is 4.11. The van der Waals surface area contributed by atoms with Crippen LogP contribution in [0.1, 0.15) is 19.5 Å². The molecule has 0 aliphatic heterocycles. The molecule has 0 N–H and O–H groups in total. The monoisotopic (exact) mass is 432 g/mol. The smallest absolute Gasteiger partial charge is 0.433 e. The zero-order valence-corrected chi connectivity index (χ0v) is 16.3. The second-order valence-corrected chi connectivity index (χ2v) is 8.38. The number of halogens is 4. The standard InChI is InChI=1S/C17H16F4N4O3S/c1-4-29(26,27)13-5-10(28-9(2)18)7-23-15(13)16-24-11-6-14(17(19,20)21)22-8-12(11)25(16)3/h5-9H,4H2,1-3H3. The number of ether oxygens (including phenoxy) is 1. The molecule has 0 radical (unpaired) electrons. The lowest BCUT2D eigenvalue weighted by Gasteiger charge is -2.12. The van der Waals surface area contributed by atoms with Gasteiger partial charge in [-0.2, -0.15) is 13.2 Å². The summed E-state index contributed by atoms with van der Waals surface area (Å²) in [5.41, 5.74) is -0.973. The van der Waals surface area contributed by atoms with Crippen LogP contribution in [0.3, 0.4) is 0 Å². The van der Waals surface area contributed by atoms with Gasteiger partial charge < -0.3 is 9.30 Å². The molecule has 12 heteroatoms. The average Bonchev–Trinajstić information content (AvgIpc) is 2.96. The van der Waals surface area contributed by atoms with Gasteiger partial charge in [-0.3, -0.25) is 0 Å². The van der Waals surface area contributed by atoms with Crippen molar-refractivity contribution in [2.24, 2.45) is 7.05 Å². The van der Waals surface area contributed by atoms with Crippen LogP contribution >= 0.6 is 0 Å². The van der Waals surface area contributed by atoms with Gasteiger partial charge in [-0.15, -0.1) is 0 Å². The minimum Gasteiger partial charge on any atom is -0.459 e. The quantitative estimate of drug-likeness (QED) is 0.574. The number of alkyl halides is 4. The molecule has 0 aliphatic rings. The van der Waals surface area contributed by atoms with E-state index in [1.165, 1.54) is 18.5 Å². The van der Waals surface area contributed by atoms with E-state index < -0.39 is 28.1 Å². The molecule has 3 aromatic rings. The molecule has 29 heavy (non-hydrogen) atoms. The Morgan fingerprint density at radius 3 is 2.48 bits per heavy atom. The van der Waals surface area contributed by atoms with Crippen LogP contribution in [0.25, 0.3) is 22.6 Å². The summed E-state index contributed by atoms with van der Waals surface area (Å²) >= 11 is 0. The van der Waals surface area contributed by atoms with E-state index in [9.17, 15) is 26.0 Å². The molecule has 0 aliphatic carbocycles. The summed E-state index contributed by atoms with van der Waals surface area (Å²) in [4.78, 5) is 11.3. The van der Waals surface area contributed by atoms with E-state index >= 15 is 0 Å². The van der Waals surface area contributed by atoms with E-state index in [0.717, 1.165) is 31.5 Å². The molecular weight excluding hydrogens is 416 g/mol. The fourth-order valence-electron chi connectivity index (χ4n) is 2.69. The largest absolute Gasteiger partial charge is 0.459 e. The first-order valence-corrected chi connectivity index (χ1v) is 10.0. The van der Waals surface area contributed by atoms with Gasteiger partial charge >= 0.3 is 6.18 Å². The Morgan fingerprint density at radius 1 is 1.21 bits per heavy atom. The van der Waals surface area contributed by atoms with Crippen molar-refractivity contribution in [3.05, 3.63) is 30.2 Å². The first-order valence-electron chi connectivity index (χ1n) is 8.37. The molecule has 0 saturated carbocycles. The Kier molecular flexibility index (Phi) is 5.24. The van der Waals surface area contributed by atoms with Gasteiger partial charge in [-0.1, -0.05) is 6.92 Å². The van der Waals surface area contributed by atoms with Crippen LogP contribution in [0.5, 0.6) is 5.75 Å². The third kappa shape index (κ3) is 4.02. The molecule has 3 rings (SSSR count). The van der Waals surface area contributed by atoms with E-state index in [1.54, 1.807) is 0 Å². The fourth-order valence-corrected chi connectivity index (χ4v) is 3.74. The van der Waals surface area contributed by atoms with Crippen molar-refractivity contribution in [3.63, 3.8) is 0 Å². The molecule has 0 bridgehead atoms. The number of sulfone groups is 1. The lowest BCUT2D eigenvalue weighted by atomic mass is 10.3. The summed E-state index contributed by atoms with van der Waals surface area (Å²) in [5, 5.41) is 0. The first-order chi connectivity index (χ1) is 13.4. The molecule has 0 amide bonds. The van der Waals surface area contributed by atoms with Crippen LogP contribution in [-0.4, -0.2) is 40.0 Å². The minimum absolute atomic E-state index is 0.0213. The van der Waals surface area contributed by atoms with E-state index in [0.29, 0.717) is 0 Å². The number of aryl methyl sites for hydroxylation is 1. The van der Waals surface area contributed by atoms with Gasteiger partial charge in [0.2, 0.25) is 6.36 Å². The molecule has 1 unspecified atom stereocenters. The Bertz CT molecular complexity index is 1170. The molecule has 3 heterocycles. The number of pyridine rings is 2. The Morgan fingerprint density at radius 2 is 1.90 bits per heavy atom. The van der Waals surface area contributed by atoms with Crippen LogP contribution in [0.4, 0.5) is 17.6 Å². The Labute approximate surface area is 163 Å². The number of nitrogens with zero attached hydrogens (tertiary/aromatic N) is 4. The number of aromatic nitrogens is 4. The van der Waals surface area contributed by atoms with Gasteiger partial charge in [-0.05, 0) is 6.07 Å². The van der Waals surface area contributed by atoms with Crippen LogP contribution in [0.2, 0.25) is 0 Å². The topological polar surface area (TPSA) is 87.0 Å². The maximum Gasteiger partial charge on any atom is 0.433 e. The predicted octanol–water partition coefficient (Wildman–Crippen LogP) is 3.54. The number of hydrogen-bond acceptors (Lipinski definition) is 6. The summed E-state index contributed by atoms with van der Waals surface area (Å²) < 4.78 is 83.3. The SMILES string of the molecule is CCS(=O)(=O)c1cc(OC(C)F)cnc1-c1nc2cc(C(F)(F)F)ncc2n1C. The molecule has 0 spiro atoms. The molecular formula is C17H16F4N4O3S. The Balaban J connectivity index is 2.24. The summed E-state index contributed by atoms with van der Waals surface area (Å²) in [5.74, 6) is -0.358. The van der Waals surface area contributed by atoms with Crippen molar-refractivity contribution in [1.29, 1.82) is 0 Å². The zero-order valence-electron chi connectivity index (χ0n) is 15.5. The highest BCUT2D eigenvalue weighted by molar-refractivity contribution is 7.91. The molecule has 3 aromatic heterocycles. The number of imidazole rings is 1. The van der Waals surface area contributed by atoms with Crippen LogP contribution < -0.4 is 4.74 Å². The lowest BCUT2D eigenvalue weighted by molar-refractivity contribution is -0.141. The summed E-state index contributed by atoms with van der Waals surface area (Å²) in [6.07, 6.45) is -4.21. The molecule has 0 saturated heterocycles. The average molecular weight is 432 g/mol. The number of hydrogen-bond donors (Lipinski definition) is 0. The maximum absolute atomic E-state index is 13.1. The van der Waals surface area contributed by atoms with E-state index in [2.05, 4.69) is 15.0 Å². The zero-order chi connectivity index (χ0) is 21.6. The number of fused-ring (bicyclic) bond motifs is 1. The fraction of sp³-hybridized carbons (Fsp3) is 0.353. The van der Waals surface area contributed by atoms with Gasteiger partial charge in [0, 0.05) is 20.0 Å². The second kappa shape index (κ2) is 7.25. The van der Waals surface area contributed by atoms with Gasteiger partial charge in [0.05, 0.1) is 29.2 Å². The van der Waals surface area contributed by atoms with Crippen molar-refractivity contribution in [2.75, 3.05) is 5.75 Å². The molecule has 156 valence electrons. The highest BCUT2D eigenvalue weighted by atomic mass is 32.2. The van der Waals surface area contributed by atoms with Crippen LogP contribution in [0.15, 0.2) is 29.4 Å². The van der Waals surface area contributed by atoms with Crippen LogP contribution in [0, 0.1) is 0 Å². The lowest BCUT2D eigenvalue weighted by Crippen LogP contribution is -2.11. The Hall–Kier alpha value is -2.76. The van der Waals surface area contributed by atoms with Crippen molar-refractivity contribution >= 4 is 20.9 Å². The molecule has 7 nitrogen and oxygen atoms in total. The van der Waals surface area contributed by atoms with Gasteiger partial charge in [0.1, 0.15) is 22.0 Å². The van der Waals surface area contributed by atoms with Crippen LogP contribution in [-0.2, 0) is 23.1 Å². The van der Waals surface area contributed by atoms with Gasteiger partial charge in [-0.25, -0.2) is 27.8 Å². The minimum atomic E-state index is -4.65. The third-order valence-corrected chi connectivity index (χ3v) is 5.85. The molecule has 0 aromatic carbocycles. The first kappa shape index (κ1) is 21.0. The van der Waals surface area contributed by atoms with Crippen molar-refractivity contribution in [1.82, 2.24) is 19.5 Å². The van der Waals surface area contributed by atoms with Crippen molar-refractivity contribution in [3.8, 4) is 17.3 Å². The molecule has 1 atom stereocenters. The van der Waals surface area contributed by atoms with Gasteiger partial charge in [0.15, 0.2) is 15.7 Å². The van der Waals surface area contributed by atoms with E-state index in [-0.39, 0.29) is 38.9 Å². The van der Waals surface area contributed by atoms with E-state index in [4.69, 9.17) is 4.74 Å². The van der Waals surface area contributed by atoms with Gasteiger partial charge in [0.25, 0.3) is 0 Å². The van der Waals surface area contributed by atoms with Crippen molar-refractivity contribution < 1.29 is 30.7 Å². The normalized spacial score (nSPS) is 13.6. The highest BCUT2D eigenvalue weighted by Gasteiger charge is 2.33.